The summed E-state index contributed by atoms with van der Waals surface area (Å²) < 4.78 is 0. The summed E-state index contributed by atoms with van der Waals surface area (Å²) in [4.78, 5) is 29.5. The van der Waals surface area contributed by atoms with Gasteiger partial charge < -0.3 is 16.4 Å². The van der Waals surface area contributed by atoms with Crippen molar-refractivity contribution in [1.82, 2.24) is 6.15 Å². The number of hydrogen-bond acceptors (Lipinski definition) is 4. The van der Waals surface area contributed by atoms with Crippen LogP contribution in [0.1, 0.15) is 0 Å². The fourth-order valence-corrected chi connectivity index (χ4v) is 0.302. The molecule has 0 atom stereocenters. The van der Waals surface area contributed by atoms with E-state index < -0.39 is 17.5 Å². The van der Waals surface area contributed by atoms with Gasteiger partial charge in [0.1, 0.15) is 11.9 Å². The molecule has 0 radical (unpaired) electrons. The molecule has 0 rings (SSSR count). The fraction of sp³-hybridized carbons (Fsp3) is 0. The van der Waals surface area contributed by atoms with Gasteiger partial charge in [0.25, 0.3) is 0 Å². The van der Waals surface area contributed by atoms with Crippen molar-refractivity contribution in [2.24, 2.45) is 0 Å². The van der Waals surface area contributed by atoms with Gasteiger partial charge in [0, 0.05) is 0 Å². The first-order valence-corrected chi connectivity index (χ1v) is 2.21. The molecule has 0 aromatic heterocycles. The van der Waals surface area contributed by atoms with Crippen molar-refractivity contribution < 1.29 is 24.6 Å². The van der Waals surface area contributed by atoms with E-state index in [4.69, 9.17) is 10.2 Å². The minimum Gasteiger partial charge on any atom is -0.477 e. The zero-order chi connectivity index (χ0) is 8.15. The molecule has 0 saturated heterocycles. The number of aliphatic carboxylic acids is 2. The summed E-state index contributed by atoms with van der Waals surface area (Å²) in [6.45, 7) is 0. The van der Waals surface area contributed by atoms with Gasteiger partial charge in [0.2, 0.25) is 0 Å². The number of hydrogen-bond donors (Lipinski definition) is 3. The number of carbonyl (C=O) groups excluding carboxylic acids is 1. The van der Waals surface area contributed by atoms with Crippen LogP contribution in [-0.4, -0.2) is 28.4 Å². The Hall–Kier alpha value is -1.69. The first-order chi connectivity index (χ1) is 4.59. The van der Waals surface area contributed by atoms with E-state index in [9.17, 15) is 14.4 Å². The van der Waals surface area contributed by atoms with E-state index in [1.807, 2.05) is 0 Å². The standard InChI is InChI=1S/C5H4O5.H3N/c6-2-1-3(4(7)8)5(9)10;/h1-2H,(H,7,8)(H,9,10);1H3. The molecular weight excluding hydrogens is 154 g/mol. The lowest BCUT2D eigenvalue weighted by atomic mass is 10.3. The first kappa shape index (κ1) is 12.0. The minimum absolute atomic E-state index is 0. The summed E-state index contributed by atoms with van der Waals surface area (Å²) in [5.41, 5.74) is -0.935. The molecular formula is C5H7NO5. The maximum atomic E-state index is 9.92. The normalized spacial score (nSPS) is 7.27. The van der Waals surface area contributed by atoms with Crippen molar-refractivity contribution >= 4 is 18.2 Å². The van der Waals surface area contributed by atoms with Gasteiger partial charge in [0.15, 0.2) is 0 Å². The summed E-state index contributed by atoms with van der Waals surface area (Å²) in [6, 6.07) is 0. The minimum atomic E-state index is -1.63. The Kier molecular flexibility index (Phi) is 5.60. The Morgan fingerprint density at radius 1 is 1.09 bits per heavy atom. The van der Waals surface area contributed by atoms with Crippen molar-refractivity contribution in [1.29, 1.82) is 0 Å². The van der Waals surface area contributed by atoms with Crippen LogP contribution in [0.15, 0.2) is 11.6 Å². The molecule has 0 aliphatic carbocycles. The SMILES string of the molecule is N.O=CC=C(C(=O)O)C(=O)O. The van der Waals surface area contributed by atoms with Crippen LogP contribution in [0.2, 0.25) is 0 Å². The van der Waals surface area contributed by atoms with Crippen LogP contribution in [0.3, 0.4) is 0 Å². The van der Waals surface area contributed by atoms with Crippen LogP contribution in [0.5, 0.6) is 0 Å². The van der Waals surface area contributed by atoms with E-state index in [0.717, 1.165) is 0 Å². The molecule has 5 N–H and O–H groups in total. The number of carboxylic acids is 2. The van der Waals surface area contributed by atoms with Crippen molar-refractivity contribution in [3.63, 3.8) is 0 Å². The van der Waals surface area contributed by atoms with Crippen LogP contribution < -0.4 is 6.15 Å². The Morgan fingerprint density at radius 2 is 1.45 bits per heavy atom. The maximum Gasteiger partial charge on any atom is 0.343 e. The largest absolute Gasteiger partial charge is 0.477 e. The average molecular weight is 161 g/mol. The van der Waals surface area contributed by atoms with E-state index >= 15 is 0 Å². The fourth-order valence-electron chi connectivity index (χ4n) is 0.302. The predicted molar refractivity (Wildman–Crippen MR) is 34.4 cm³/mol. The summed E-state index contributed by atoms with van der Waals surface area (Å²) in [5.74, 6) is -3.25. The summed E-state index contributed by atoms with van der Waals surface area (Å²) in [7, 11) is 0. The second kappa shape index (κ2) is 5.12. The van der Waals surface area contributed by atoms with E-state index in [2.05, 4.69) is 0 Å². The highest BCUT2D eigenvalue weighted by molar-refractivity contribution is 6.14. The molecule has 0 spiro atoms. The molecule has 0 unspecified atom stereocenters. The number of carbonyl (C=O) groups is 3. The third kappa shape index (κ3) is 3.82. The molecule has 62 valence electrons. The Morgan fingerprint density at radius 3 is 1.55 bits per heavy atom. The summed E-state index contributed by atoms with van der Waals surface area (Å²) in [6.07, 6.45) is 0.586. The molecule has 0 heterocycles. The van der Waals surface area contributed by atoms with Gasteiger partial charge in [0.05, 0.1) is 0 Å². The monoisotopic (exact) mass is 161 g/mol. The molecule has 6 heteroatoms. The molecule has 0 amide bonds. The van der Waals surface area contributed by atoms with Crippen LogP contribution >= 0.6 is 0 Å². The first-order valence-electron chi connectivity index (χ1n) is 2.21. The summed E-state index contributed by atoms with van der Waals surface area (Å²) in [5, 5.41) is 16.1. The Balaban J connectivity index is 0. The highest BCUT2D eigenvalue weighted by atomic mass is 16.4. The average Bonchev–Trinajstić information content (AvgIpc) is 1.81. The maximum absolute atomic E-state index is 9.92. The molecule has 0 aromatic carbocycles. The zero-order valence-electron chi connectivity index (χ0n) is 5.48. The molecule has 6 nitrogen and oxygen atoms in total. The van der Waals surface area contributed by atoms with Crippen molar-refractivity contribution in [3.8, 4) is 0 Å². The Labute approximate surface area is 61.7 Å². The third-order valence-electron chi connectivity index (χ3n) is 0.696. The van der Waals surface area contributed by atoms with Gasteiger partial charge in [-0.05, 0) is 6.08 Å². The number of carboxylic acid groups (broad SMARTS) is 2. The van der Waals surface area contributed by atoms with E-state index in [1.54, 1.807) is 0 Å². The van der Waals surface area contributed by atoms with Gasteiger partial charge in [-0.2, -0.15) is 0 Å². The third-order valence-corrected chi connectivity index (χ3v) is 0.696. The second-order valence-corrected chi connectivity index (χ2v) is 1.33. The number of rotatable bonds is 3. The van der Waals surface area contributed by atoms with Crippen molar-refractivity contribution in [2.45, 2.75) is 0 Å². The smallest absolute Gasteiger partial charge is 0.343 e. The van der Waals surface area contributed by atoms with Gasteiger partial charge in [-0.1, -0.05) is 0 Å². The lowest BCUT2D eigenvalue weighted by molar-refractivity contribution is -0.140. The van der Waals surface area contributed by atoms with E-state index in [1.165, 1.54) is 0 Å². The topological polar surface area (TPSA) is 127 Å². The molecule has 0 aromatic rings. The second-order valence-electron chi connectivity index (χ2n) is 1.33. The van der Waals surface area contributed by atoms with Crippen LogP contribution in [0.4, 0.5) is 0 Å². The molecule has 0 saturated carbocycles. The molecule has 0 aliphatic rings. The van der Waals surface area contributed by atoms with Crippen LogP contribution in [0, 0.1) is 0 Å². The quantitative estimate of drug-likeness (QED) is 0.220. The number of allylic oxidation sites excluding steroid dienone is 1. The number of aldehydes is 1. The molecule has 0 aliphatic heterocycles. The lowest BCUT2D eigenvalue weighted by Gasteiger charge is -1.88. The van der Waals surface area contributed by atoms with E-state index in [0.29, 0.717) is 6.08 Å². The Bertz CT molecular complexity index is 191. The highest BCUT2D eigenvalue weighted by Gasteiger charge is 2.14. The zero-order valence-corrected chi connectivity index (χ0v) is 5.48. The lowest BCUT2D eigenvalue weighted by Crippen LogP contribution is -2.11. The molecule has 11 heavy (non-hydrogen) atoms. The van der Waals surface area contributed by atoms with E-state index in [-0.39, 0.29) is 12.4 Å². The van der Waals surface area contributed by atoms with Crippen molar-refractivity contribution in [2.75, 3.05) is 0 Å². The van der Waals surface area contributed by atoms with Gasteiger partial charge in [-0.25, -0.2) is 9.59 Å². The van der Waals surface area contributed by atoms with Crippen molar-refractivity contribution in [3.05, 3.63) is 11.6 Å². The molecule has 0 bridgehead atoms. The van der Waals surface area contributed by atoms with Gasteiger partial charge in [-0.3, -0.25) is 4.79 Å². The predicted octanol–water partition coefficient (Wildman–Crippen LogP) is -0.557. The molecule has 0 fully saturated rings. The van der Waals surface area contributed by atoms with Gasteiger partial charge >= 0.3 is 11.9 Å². The van der Waals surface area contributed by atoms with Gasteiger partial charge in [-0.15, -0.1) is 0 Å². The highest BCUT2D eigenvalue weighted by Crippen LogP contribution is 1.91. The van der Waals surface area contributed by atoms with Crippen LogP contribution in [-0.2, 0) is 14.4 Å². The van der Waals surface area contributed by atoms with Crippen LogP contribution in [0.25, 0.3) is 0 Å². The summed E-state index contributed by atoms with van der Waals surface area (Å²) >= 11 is 0.